The van der Waals surface area contributed by atoms with Crippen molar-refractivity contribution in [2.45, 2.75) is 19.4 Å². The van der Waals surface area contributed by atoms with Gasteiger partial charge in [-0.15, -0.1) is 0 Å². The Labute approximate surface area is 204 Å². The van der Waals surface area contributed by atoms with Gasteiger partial charge in [0, 0.05) is 35.4 Å². The Morgan fingerprint density at radius 2 is 1.66 bits per heavy atom. The lowest BCUT2D eigenvalue weighted by Gasteiger charge is -2.30. The van der Waals surface area contributed by atoms with Gasteiger partial charge in [-0.3, -0.25) is 9.69 Å². The Balaban J connectivity index is 1.31. The van der Waals surface area contributed by atoms with Gasteiger partial charge in [0.15, 0.2) is 11.5 Å². The molecule has 4 rings (SSSR count). The zero-order valence-electron chi connectivity index (χ0n) is 20.4. The molecule has 186 valence electrons. The number of carbonyl (C=O) groups excluding carboxylic acids is 1. The van der Waals surface area contributed by atoms with Crippen molar-refractivity contribution in [1.82, 2.24) is 15.0 Å². The third-order valence-electron chi connectivity index (χ3n) is 6.05. The van der Waals surface area contributed by atoms with Gasteiger partial charge in [-0.05, 0) is 44.1 Å². The van der Waals surface area contributed by atoms with E-state index in [-0.39, 0.29) is 11.8 Å². The minimum Gasteiger partial charge on any atom is -0.497 e. The summed E-state index contributed by atoms with van der Waals surface area (Å²) in [4.78, 5) is 19.6. The number of ether oxygens (including phenoxy) is 4. The molecule has 0 unspecified atom stereocenters. The first kappa shape index (κ1) is 24.3. The number of anilines is 1. The second-order valence-corrected chi connectivity index (χ2v) is 8.22. The summed E-state index contributed by atoms with van der Waals surface area (Å²) in [6, 6.07) is 10.8. The number of piperidine rings is 1. The van der Waals surface area contributed by atoms with Gasteiger partial charge in [0.2, 0.25) is 17.6 Å². The largest absolute Gasteiger partial charge is 0.497 e. The fourth-order valence-electron chi connectivity index (χ4n) is 4.08. The van der Waals surface area contributed by atoms with Crippen LogP contribution in [0.5, 0.6) is 23.0 Å². The summed E-state index contributed by atoms with van der Waals surface area (Å²) < 4.78 is 26.7. The number of rotatable bonds is 9. The number of likely N-dealkylation sites (tertiary alicyclic amines) is 1. The molecule has 2 aromatic carbocycles. The Hall–Kier alpha value is -3.79. The Morgan fingerprint density at radius 3 is 2.29 bits per heavy atom. The van der Waals surface area contributed by atoms with Crippen LogP contribution in [0.3, 0.4) is 0 Å². The molecule has 1 aliphatic rings. The van der Waals surface area contributed by atoms with E-state index in [2.05, 4.69) is 20.4 Å². The van der Waals surface area contributed by atoms with Crippen molar-refractivity contribution < 1.29 is 28.3 Å². The summed E-state index contributed by atoms with van der Waals surface area (Å²) in [7, 11) is 6.33. The van der Waals surface area contributed by atoms with Crippen molar-refractivity contribution in [1.29, 1.82) is 0 Å². The van der Waals surface area contributed by atoms with Crippen LogP contribution >= 0.6 is 0 Å². The summed E-state index contributed by atoms with van der Waals surface area (Å²) >= 11 is 0. The third kappa shape index (κ3) is 5.83. The van der Waals surface area contributed by atoms with Crippen LogP contribution in [0.2, 0.25) is 0 Å². The van der Waals surface area contributed by atoms with Crippen molar-refractivity contribution in [3.63, 3.8) is 0 Å². The van der Waals surface area contributed by atoms with Crippen LogP contribution in [-0.2, 0) is 11.3 Å². The molecule has 10 nitrogen and oxygen atoms in total. The van der Waals surface area contributed by atoms with Gasteiger partial charge < -0.3 is 28.8 Å². The molecule has 0 radical (unpaired) electrons. The van der Waals surface area contributed by atoms with Crippen molar-refractivity contribution in [3.8, 4) is 34.4 Å². The normalized spacial score (nSPS) is 14.4. The Morgan fingerprint density at radius 1 is 0.971 bits per heavy atom. The number of nitrogens with one attached hydrogen (secondary N) is 1. The number of benzene rings is 2. The molecule has 1 fully saturated rings. The van der Waals surface area contributed by atoms with Crippen LogP contribution in [0.1, 0.15) is 18.7 Å². The lowest BCUT2D eigenvalue weighted by molar-refractivity contribution is -0.121. The smallest absolute Gasteiger partial charge is 0.241 e. The summed E-state index contributed by atoms with van der Waals surface area (Å²) in [6.07, 6.45) is 1.48. The molecule has 0 atom stereocenters. The van der Waals surface area contributed by atoms with Crippen molar-refractivity contribution >= 4 is 11.6 Å². The van der Waals surface area contributed by atoms with E-state index in [9.17, 15) is 4.79 Å². The number of hydrogen-bond acceptors (Lipinski definition) is 9. The molecule has 10 heteroatoms. The van der Waals surface area contributed by atoms with E-state index in [4.69, 9.17) is 23.5 Å². The van der Waals surface area contributed by atoms with E-state index in [0.717, 1.165) is 31.5 Å². The molecule has 0 saturated carbocycles. The molecule has 3 aromatic rings. The average molecular weight is 483 g/mol. The highest BCUT2D eigenvalue weighted by Gasteiger charge is 2.26. The third-order valence-corrected chi connectivity index (χ3v) is 6.05. The maximum atomic E-state index is 12.8. The Bertz CT molecular complexity index is 1130. The SMILES string of the molecule is COc1cc(NC(=O)C2CCN(Cc3nc(-c4ccc(OC)c(OC)c4)no3)CC2)cc(OC)c1. The molecule has 1 N–H and O–H groups in total. The first-order chi connectivity index (χ1) is 17.0. The van der Waals surface area contributed by atoms with Crippen LogP contribution in [0.15, 0.2) is 40.9 Å². The first-order valence-electron chi connectivity index (χ1n) is 11.3. The zero-order valence-corrected chi connectivity index (χ0v) is 20.4. The highest BCUT2D eigenvalue weighted by molar-refractivity contribution is 5.93. The van der Waals surface area contributed by atoms with E-state index in [1.54, 1.807) is 46.6 Å². The molecule has 1 aliphatic heterocycles. The van der Waals surface area contributed by atoms with Crippen molar-refractivity contribution in [2.75, 3.05) is 46.8 Å². The summed E-state index contributed by atoms with van der Waals surface area (Å²) in [5, 5.41) is 7.09. The molecule has 0 aliphatic carbocycles. The number of methoxy groups -OCH3 is 4. The summed E-state index contributed by atoms with van der Waals surface area (Å²) in [5.74, 6) is 3.43. The lowest BCUT2D eigenvalue weighted by Crippen LogP contribution is -2.37. The van der Waals surface area contributed by atoms with Crippen LogP contribution < -0.4 is 24.3 Å². The van der Waals surface area contributed by atoms with Gasteiger partial charge in [-0.1, -0.05) is 5.16 Å². The maximum absolute atomic E-state index is 12.8. The van der Waals surface area contributed by atoms with Gasteiger partial charge in [-0.2, -0.15) is 4.98 Å². The molecule has 1 aromatic heterocycles. The molecule has 2 heterocycles. The molecule has 1 saturated heterocycles. The molecular weight excluding hydrogens is 452 g/mol. The van der Waals surface area contributed by atoms with Gasteiger partial charge >= 0.3 is 0 Å². The zero-order chi connectivity index (χ0) is 24.8. The van der Waals surface area contributed by atoms with Gasteiger partial charge in [0.05, 0.1) is 35.0 Å². The summed E-state index contributed by atoms with van der Waals surface area (Å²) in [5.41, 5.74) is 1.43. The Kier molecular flexibility index (Phi) is 7.71. The minimum absolute atomic E-state index is 0.00603. The molecule has 35 heavy (non-hydrogen) atoms. The highest BCUT2D eigenvalue weighted by Crippen LogP contribution is 2.31. The standard InChI is InChI=1S/C25H30N4O6/c1-31-19-12-18(13-20(14-19)32-2)26-25(30)16-7-9-29(10-8-16)15-23-27-24(28-35-23)17-5-6-21(33-3)22(11-17)34-4/h5-6,11-14,16H,7-10,15H2,1-4H3,(H,26,30). The quantitative estimate of drug-likeness (QED) is 0.489. The monoisotopic (exact) mass is 482 g/mol. The number of aromatic nitrogens is 2. The van der Waals surface area contributed by atoms with Crippen molar-refractivity contribution in [2.24, 2.45) is 5.92 Å². The van der Waals surface area contributed by atoms with E-state index in [1.807, 2.05) is 18.2 Å². The van der Waals surface area contributed by atoms with Crippen LogP contribution in [0.4, 0.5) is 5.69 Å². The number of hydrogen-bond donors (Lipinski definition) is 1. The number of amides is 1. The van der Waals surface area contributed by atoms with Gasteiger partial charge in [-0.25, -0.2) is 0 Å². The van der Waals surface area contributed by atoms with Gasteiger partial charge in [0.25, 0.3) is 0 Å². The van der Waals surface area contributed by atoms with Crippen LogP contribution in [0, 0.1) is 5.92 Å². The molecule has 0 bridgehead atoms. The fraction of sp³-hybridized carbons (Fsp3) is 0.400. The van der Waals surface area contributed by atoms with E-state index < -0.39 is 0 Å². The predicted octanol–water partition coefficient (Wildman–Crippen LogP) is 3.62. The van der Waals surface area contributed by atoms with Crippen molar-refractivity contribution in [3.05, 3.63) is 42.3 Å². The number of carbonyl (C=O) groups is 1. The second kappa shape index (κ2) is 11.1. The molecular formula is C25H30N4O6. The molecule has 0 spiro atoms. The number of nitrogens with zero attached hydrogens (tertiary/aromatic N) is 3. The minimum atomic E-state index is -0.0755. The maximum Gasteiger partial charge on any atom is 0.241 e. The molecule has 1 amide bonds. The van der Waals surface area contributed by atoms with Crippen LogP contribution in [-0.4, -0.2) is 62.5 Å². The summed E-state index contributed by atoms with van der Waals surface area (Å²) in [6.45, 7) is 2.04. The average Bonchev–Trinajstić information content (AvgIpc) is 3.36. The lowest BCUT2D eigenvalue weighted by atomic mass is 9.96. The fourth-order valence-corrected chi connectivity index (χ4v) is 4.08. The van der Waals surface area contributed by atoms with E-state index in [0.29, 0.717) is 46.9 Å². The predicted molar refractivity (Wildman–Crippen MR) is 129 cm³/mol. The van der Waals surface area contributed by atoms with E-state index in [1.165, 1.54) is 0 Å². The topological polar surface area (TPSA) is 108 Å². The first-order valence-corrected chi connectivity index (χ1v) is 11.3. The van der Waals surface area contributed by atoms with Crippen LogP contribution in [0.25, 0.3) is 11.4 Å². The van der Waals surface area contributed by atoms with E-state index >= 15 is 0 Å². The second-order valence-electron chi connectivity index (χ2n) is 8.22. The van der Waals surface area contributed by atoms with Gasteiger partial charge in [0.1, 0.15) is 11.5 Å². The highest BCUT2D eigenvalue weighted by atomic mass is 16.5.